The van der Waals surface area contributed by atoms with Gasteiger partial charge in [0.15, 0.2) is 5.82 Å². The lowest BCUT2D eigenvalue weighted by Gasteiger charge is -2.09. The number of hydrogen-bond donors (Lipinski definition) is 2. The molecule has 0 aliphatic carbocycles. The minimum atomic E-state index is -0.213. The Labute approximate surface area is 113 Å². The maximum Gasteiger partial charge on any atom is 0.337 e. The molecule has 20 heavy (non-hydrogen) atoms. The summed E-state index contributed by atoms with van der Waals surface area (Å²) < 4.78 is 6.60. The van der Waals surface area contributed by atoms with Gasteiger partial charge in [-0.3, -0.25) is 15.6 Å². The molecule has 102 valence electrons. The lowest BCUT2D eigenvalue weighted by atomic mass is 10.2. The number of fused-ring (bicyclic) bond motifs is 3. The van der Waals surface area contributed by atoms with Crippen molar-refractivity contribution in [2.75, 3.05) is 12.5 Å². The summed E-state index contributed by atoms with van der Waals surface area (Å²) in [6, 6.07) is 7.76. The summed E-state index contributed by atoms with van der Waals surface area (Å²) in [5.74, 6) is 0.668. The second kappa shape index (κ2) is 4.65. The Balaban J connectivity index is 2.23. The molecule has 1 amide bonds. The summed E-state index contributed by atoms with van der Waals surface area (Å²) in [5.41, 5.74) is 6.08. The minimum absolute atomic E-state index is 0.213. The van der Waals surface area contributed by atoms with Crippen LogP contribution in [0.2, 0.25) is 0 Å². The van der Waals surface area contributed by atoms with E-state index >= 15 is 0 Å². The van der Waals surface area contributed by atoms with Gasteiger partial charge >= 0.3 is 6.01 Å². The lowest BCUT2D eigenvalue weighted by molar-refractivity contribution is -0.118. The topological polar surface area (TPSA) is 93.4 Å². The number of carbonyl (C=O) groups excluding carboxylic acids is 1. The number of ether oxygens (including phenoxy) is 1. The molecular formula is C12H12N6O2. The quantitative estimate of drug-likeness (QED) is 0.683. The van der Waals surface area contributed by atoms with Gasteiger partial charge in [-0.05, 0) is 12.1 Å². The van der Waals surface area contributed by atoms with Gasteiger partial charge in [-0.2, -0.15) is 14.5 Å². The summed E-state index contributed by atoms with van der Waals surface area (Å²) in [6.45, 7) is 1.41. The first-order valence-electron chi connectivity index (χ1n) is 5.91. The molecule has 8 heteroatoms. The Morgan fingerprint density at radius 2 is 2.10 bits per heavy atom. The lowest BCUT2D eigenvalue weighted by Crippen LogP contribution is -2.27. The number of hydrazine groups is 1. The Morgan fingerprint density at radius 1 is 1.30 bits per heavy atom. The van der Waals surface area contributed by atoms with Crippen LogP contribution in [0.4, 0.5) is 5.82 Å². The summed E-state index contributed by atoms with van der Waals surface area (Å²) in [5, 5.41) is 5.01. The third kappa shape index (κ3) is 1.96. The minimum Gasteiger partial charge on any atom is -0.466 e. The van der Waals surface area contributed by atoms with Crippen LogP contribution in [0.5, 0.6) is 6.01 Å². The van der Waals surface area contributed by atoms with E-state index in [0.717, 1.165) is 10.9 Å². The first kappa shape index (κ1) is 12.2. The van der Waals surface area contributed by atoms with Gasteiger partial charge in [-0.25, -0.2) is 0 Å². The van der Waals surface area contributed by atoms with Crippen LogP contribution in [0.15, 0.2) is 24.3 Å². The zero-order chi connectivity index (χ0) is 14.1. The predicted molar refractivity (Wildman–Crippen MR) is 72.3 cm³/mol. The number of rotatable bonds is 3. The van der Waals surface area contributed by atoms with Gasteiger partial charge in [-0.15, -0.1) is 5.10 Å². The van der Waals surface area contributed by atoms with Crippen LogP contribution in [0.3, 0.4) is 0 Å². The highest BCUT2D eigenvalue weighted by Crippen LogP contribution is 2.22. The van der Waals surface area contributed by atoms with E-state index in [2.05, 4.69) is 25.9 Å². The fourth-order valence-electron chi connectivity index (χ4n) is 1.87. The molecule has 0 fully saturated rings. The molecular weight excluding hydrogens is 260 g/mol. The number of nitrogens with zero attached hydrogens (tertiary/aromatic N) is 4. The van der Waals surface area contributed by atoms with Crippen LogP contribution >= 0.6 is 0 Å². The second-order valence-electron chi connectivity index (χ2n) is 4.09. The number of methoxy groups -OCH3 is 1. The molecule has 0 spiro atoms. The molecule has 0 unspecified atom stereocenters. The number of nitrogens with one attached hydrogen (secondary N) is 2. The molecule has 0 aliphatic heterocycles. The maximum absolute atomic E-state index is 11.0. The van der Waals surface area contributed by atoms with Crippen molar-refractivity contribution in [1.82, 2.24) is 25.0 Å². The molecule has 2 heterocycles. The average Bonchev–Trinajstić information content (AvgIpc) is 2.88. The number of benzene rings is 1. The monoisotopic (exact) mass is 272 g/mol. The normalized spacial score (nSPS) is 10.7. The van der Waals surface area contributed by atoms with Crippen molar-refractivity contribution < 1.29 is 9.53 Å². The largest absolute Gasteiger partial charge is 0.466 e. The molecule has 0 bridgehead atoms. The smallest absolute Gasteiger partial charge is 0.337 e. The molecule has 3 aromatic rings. The van der Waals surface area contributed by atoms with Crippen LogP contribution in [-0.4, -0.2) is 32.6 Å². The molecule has 0 atom stereocenters. The van der Waals surface area contributed by atoms with Crippen LogP contribution in [0.1, 0.15) is 6.92 Å². The molecule has 1 aromatic carbocycles. The van der Waals surface area contributed by atoms with Crippen molar-refractivity contribution in [3.05, 3.63) is 24.3 Å². The van der Waals surface area contributed by atoms with Crippen LogP contribution in [0.25, 0.3) is 16.7 Å². The van der Waals surface area contributed by atoms with Crippen molar-refractivity contribution in [2.24, 2.45) is 0 Å². The zero-order valence-electron chi connectivity index (χ0n) is 10.9. The van der Waals surface area contributed by atoms with E-state index in [9.17, 15) is 4.79 Å². The van der Waals surface area contributed by atoms with Crippen molar-refractivity contribution >= 4 is 28.4 Å². The molecule has 2 aromatic heterocycles. The zero-order valence-corrected chi connectivity index (χ0v) is 10.9. The number of hydrogen-bond acceptors (Lipinski definition) is 6. The number of amides is 1. The number of aromatic nitrogens is 4. The van der Waals surface area contributed by atoms with Crippen LogP contribution in [-0.2, 0) is 4.79 Å². The van der Waals surface area contributed by atoms with E-state index in [1.165, 1.54) is 14.0 Å². The van der Waals surface area contributed by atoms with Crippen molar-refractivity contribution in [3.63, 3.8) is 0 Å². The van der Waals surface area contributed by atoms with Gasteiger partial charge in [0.1, 0.15) is 0 Å². The van der Waals surface area contributed by atoms with E-state index in [0.29, 0.717) is 11.6 Å². The first-order chi connectivity index (χ1) is 9.69. The van der Waals surface area contributed by atoms with Crippen LogP contribution in [0, 0.1) is 0 Å². The Kier molecular flexibility index (Phi) is 2.82. The molecule has 3 rings (SSSR count). The standard InChI is InChI=1S/C12H12N6O2/c1-7(19)15-16-10-8-5-3-4-6-9(8)18-11(13-10)14-12(17-18)20-2/h3-6H,1-2H3,(H,15,19)(H,13,14,16,17). The summed E-state index contributed by atoms with van der Waals surface area (Å²) >= 11 is 0. The Bertz CT molecular complexity index is 797. The fraction of sp³-hybridized carbons (Fsp3) is 0.167. The first-order valence-corrected chi connectivity index (χ1v) is 5.91. The van der Waals surface area contributed by atoms with Crippen LogP contribution < -0.4 is 15.6 Å². The van der Waals surface area contributed by atoms with Gasteiger partial charge in [-0.1, -0.05) is 12.1 Å². The van der Waals surface area contributed by atoms with E-state index in [1.807, 2.05) is 24.3 Å². The van der Waals surface area contributed by atoms with E-state index in [4.69, 9.17) is 4.74 Å². The average molecular weight is 272 g/mol. The third-order valence-corrected chi connectivity index (χ3v) is 2.71. The molecule has 2 N–H and O–H groups in total. The van der Waals surface area contributed by atoms with Gasteiger partial charge in [0.25, 0.3) is 5.78 Å². The number of para-hydroxylation sites is 1. The van der Waals surface area contributed by atoms with Gasteiger partial charge < -0.3 is 4.74 Å². The molecule has 0 saturated carbocycles. The van der Waals surface area contributed by atoms with Gasteiger partial charge in [0, 0.05) is 12.3 Å². The third-order valence-electron chi connectivity index (χ3n) is 2.71. The summed E-state index contributed by atoms with van der Waals surface area (Å²) in [4.78, 5) is 19.5. The van der Waals surface area contributed by atoms with Crippen molar-refractivity contribution in [3.8, 4) is 6.01 Å². The molecule has 8 nitrogen and oxygen atoms in total. The summed E-state index contributed by atoms with van der Waals surface area (Å²) in [7, 11) is 1.49. The van der Waals surface area contributed by atoms with Crippen molar-refractivity contribution in [2.45, 2.75) is 6.92 Å². The number of carbonyl (C=O) groups is 1. The SMILES string of the molecule is COc1nc2nc(NNC(C)=O)c3ccccc3n2n1. The highest BCUT2D eigenvalue weighted by Gasteiger charge is 2.12. The Hall–Kier alpha value is -2.90. The van der Waals surface area contributed by atoms with E-state index in [-0.39, 0.29) is 11.9 Å². The van der Waals surface area contributed by atoms with E-state index in [1.54, 1.807) is 4.52 Å². The van der Waals surface area contributed by atoms with E-state index < -0.39 is 0 Å². The highest BCUT2D eigenvalue weighted by atomic mass is 16.5. The predicted octanol–water partition coefficient (Wildman–Crippen LogP) is 0.749. The fourth-order valence-corrected chi connectivity index (χ4v) is 1.87. The van der Waals surface area contributed by atoms with Crippen molar-refractivity contribution in [1.29, 1.82) is 0 Å². The Morgan fingerprint density at radius 3 is 2.85 bits per heavy atom. The van der Waals surface area contributed by atoms with Gasteiger partial charge in [0.05, 0.1) is 12.6 Å². The maximum atomic E-state index is 11.0. The molecule has 0 aliphatic rings. The second-order valence-corrected chi connectivity index (χ2v) is 4.09. The summed E-state index contributed by atoms with van der Waals surface area (Å²) in [6.07, 6.45) is 0. The molecule has 0 radical (unpaired) electrons. The number of anilines is 1. The van der Waals surface area contributed by atoms with Gasteiger partial charge in [0.2, 0.25) is 5.91 Å². The highest BCUT2D eigenvalue weighted by molar-refractivity contribution is 5.91. The molecule has 0 saturated heterocycles.